The van der Waals surface area contributed by atoms with Gasteiger partial charge in [0.25, 0.3) is 12.0 Å². The van der Waals surface area contributed by atoms with Crippen molar-refractivity contribution >= 4 is 11.6 Å². The summed E-state index contributed by atoms with van der Waals surface area (Å²) in [6, 6.07) is 14.9. The number of aromatic nitrogens is 1. The molecule has 0 unspecified atom stereocenters. The molecule has 1 saturated heterocycles. The van der Waals surface area contributed by atoms with Crippen molar-refractivity contribution in [1.29, 1.82) is 0 Å². The first-order valence-corrected chi connectivity index (χ1v) is 10.9. The number of rotatable bonds is 6. The molecule has 3 aromatic rings. The van der Waals surface area contributed by atoms with E-state index in [2.05, 4.69) is 4.90 Å². The maximum Gasteiger partial charge on any atom is 0.263 e. The molecule has 0 N–H and O–H groups in total. The monoisotopic (exact) mass is 452 g/mol. The first-order chi connectivity index (χ1) is 15.8. The Morgan fingerprint density at radius 3 is 2.55 bits per heavy atom. The second kappa shape index (κ2) is 9.67. The van der Waals surface area contributed by atoms with E-state index in [0.29, 0.717) is 37.4 Å². The number of hydrogen-bond acceptors (Lipinski definition) is 4. The molecule has 1 aliphatic heterocycles. The molecule has 0 bridgehead atoms. The highest BCUT2D eigenvalue weighted by Crippen LogP contribution is 2.28. The zero-order chi connectivity index (χ0) is 23.5. The number of morpholine rings is 1. The summed E-state index contributed by atoms with van der Waals surface area (Å²) in [6.45, 7) is 4.54. The lowest BCUT2D eigenvalue weighted by atomic mass is 9.95. The van der Waals surface area contributed by atoms with E-state index < -0.39 is 6.43 Å². The van der Waals surface area contributed by atoms with Gasteiger partial charge >= 0.3 is 0 Å². The minimum absolute atomic E-state index is 0.0264. The number of ether oxygens (including phenoxy) is 1. The van der Waals surface area contributed by atoms with Crippen LogP contribution in [0.2, 0.25) is 0 Å². The van der Waals surface area contributed by atoms with Crippen molar-refractivity contribution in [3.05, 3.63) is 87.2 Å². The molecule has 7 heteroatoms. The number of nitrogens with zero attached hydrogens (tertiary/aromatic N) is 2. The van der Waals surface area contributed by atoms with E-state index in [4.69, 9.17) is 4.74 Å². The van der Waals surface area contributed by atoms with Crippen molar-refractivity contribution in [2.45, 2.75) is 19.8 Å². The highest BCUT2D eigenvalue weighted by atomic mass is 19.3. The van der Waals surface area contributed by atoms with Crippen LogP contribution in [-0.2, 0) is 18.2 Å². The van der Waals surface area contributed by atoms with E-state index in [9.17, 15) is 18.4 Å². The first-order valence-electron chi connectivity index (χ1n) is 10.9. The highest BCUT2D eigenvalue weighted by Gasteiger charge is 2.18. The minimum atomic E-state index is -2.58. The Hall–Kier alpha value is -3.32. The van der Waals surface area contributed by atoms with Gasteiger partial charge in [0.05, 0.1) is 13.2 Å². The van der Waals surface area contributed by atoms with E-state index in [1.807, 2.05) is 19.1 Å². The fourth-order valence-electron chi connectivity index (χ4n) is 4.10. The molecule has 0 amide bonds. The van der Waals surface area contributed by atoms with Crippen molar-refractivity contribution in [2.24, 2.45) is 7.05 Å². The lowest BCUT2D eigenvalue weighted by molar-refractivity contribution is 0.0992. The number of ketones is 1. The van der Waals surface area contributed by atoms with Gasteiger partial charge in [-0.05, 0) is 47.4 Å². The number of carbonyl (C=O) groups is 1. The Morgan fingerprint density at radius 2 is 1.82 bits per heavy atom. The Balaban J connectivity index is 1.66. The molecule has 0 radical (unpaired) electrons. The van der Waals surface area contributed by atoms with Gasteiger partial charge in [-0.2, -0.15) is 0 Å². The van der Waals surface area contributed by atoms with Crippen molar-refractivity contribution in [3.63, 3.8) is 0 Å². The zero-order valence-electron chi connectivity index (χ0n) is 18.7. The molecule has 0 saturated carbocycles. The Kier molecular flexibility index (Phi) is 6.70. The fraction of sp³-hybridized carbons (Fsp3) is 0.308. The number of pyridine rings is 1. The molecular formula is C26H26F2N2O3. The van der Waals surface area contributed by atoms with Gasteiger partial charge in [-0.3, -0.25) is 14.2 Å². The largest absolute Gasteiger partial charge is 0.378 e. The average Bonchev–Trinajstić information content (AvgIpc) is 2.81. The summed E-state index contributed by atoms with van der Waals surface area (Å²) < 4.78 is 33.0. The van der Waals surface area contributed by atoms with Gasteiger partial charge in [0.15, 0.2) is 5.78 Å². The Labute approximate surface area is 191 Å². The molecule has 0 spiro atoms. The molecule has 0 aliphatic carbocycles. The van der Waals surface area contributed by atoms with E-state index in [1.54, 1.807) is 35.9 Å². The number of Topliss-reactive ketones (excluding diaryl/α,β-unsaturated/α-hetero) is 1. The summed E-state index contributed by atoms with van der Waals surface area (Å²) in [5, 5.41) is 0. The third-order valence-electron chi connectivity index (χ3n) is 6.01. The van der Waals surface area contributed by atoms with Crippen LogP contribution in [0.4, 0.5) is 14.6 Å². The molecule has 1 aromatic heterocycles. The van der Waals surface area contributed by atoms with Crippen LogP contribution in [0.15, 0.2) is 59.4 Å². The lowest BCUT2D eigenvalue weighted by Crippen LogP contribution is -2.39. The van der Waals surface area contributed by atoms with E-state index >= 15 is 0 Å². The van der Waals surface area contributed by atoms with Gasteiger partial charge in [0.2, 0.25) is 0 Å². The summed E-state index contributed by atoms with van der Waals surface area (Å²) in [5.74, 6) is 0.639. The number of hydrogen-bond donors (Lipinski definition) is 0. The standard InChI is InChI=1S/C26H26F2N2O3/c1-17-6-7-19(23(31)13-18-4-3-5-20(12-18)26(27)28)14-22(17)21-15-24(29(2)25(32)16-21)30-8-10-33-11-9-30/h3-7,12,14-16,26H,8-11,13H2,1-2H3. The van der Waals surface area contributed by atoms with Crippen LogP contribution in [0.3, 0.4) is 0 Å². The molecular weight excluding hydrogens is 426 g/mol. The van der Waals surface area contributed by atoms with Crippen molar-refractivity contribution in [2.75, 3.05) is 31.2 Å². The Morgan fingerprint density at radius 1 is 1.06 bits per heavy atom. The molecule has 5 nitrogen and oxygen atoms in total. The second-order valence-corrected chi connectivity index (χ2v) is 8.27. The van der Waals surface area contributed by atoms with Gasteiger partial charge in [-0.25, -0.2) is 8.78 Å². The summed E-state index contributed by atoms with van der Waals surface area (Å²) in [4.78, 5) is 27.8. The summed E-state index contributed by atoms with van der Waals surface area (Å²) in [6.07, 6.45) is -2.55. The number of halogens is 2. The van der Waals surface area contributed by atoms with Gasteiger partial charge in [0.1, 0.15) is 5.82 Å². The molecule has 2 aromatic carbocycles. The predicted molar refractivity (Wildman–Crippen MR) is 124 cm³/mol. The normalized spacial score (nSPS) is 14.0. The molecule has 33 heavy (non-hydrogen) atoms. The SMILES string of the molecule is Cc1ccc(C(=O)Cc2cccc(C(F)F)c2)cc1-c1cc(N2CCOCC2)n(C)c(=O)c1. The van der Waals surface area contributed by atoms with Crippen molar-refractivity contribution < 1.29 is 18.3 Å². The average molecular weight is 453 g/mol. The number of anilines is 1. The van der Waals surface area contributed by atoms with Crippen LogP contribution in [0.5, 0.6) is 0 Å². The summed E-state index contributed by atoms with van der Waals surface area (Å²) >= 11 is 0. The van der Waals surface area contributed by atoms with Crippen LogP contribution in [0.1, 0.15) is 33.5 Å². The highest BCUT2D eigenvalue weighted by molar-refractivity contribution is 5.98. The quantitative estimate of drug-likeness (QED) is 0.515. The molecule has 1 fully saturated rings. The molecule has 0 atom stereocenters. The first kappa shape index (κ1) is 22.9. The van der Waals surface area contributed by atoms with Crippen molar-refractivity contribution in [1.82, 2.24) is 4.57 Å². The second-order valence-electron chi connectivity index (χ2n) is 8.27. The summed E-state index contributed by atoms with van der Waals surface area (Å²) in [7, 11) is 1.75. The van der Waals surface area contributed by atoms with Crippen LogP contribution >= 0.6 is 0 Å². The van der Waals surface area contributed by atoms with Gasteiger partial charge in [0, 0.05) is 43.8 Å². The maximum atomic E-state index is 13.0. The van der Waals surface area contributed by atoms with E-state index in [-0.39, 0.29) is 23.3 Å². The number of benzene rings is 2. The Bertz CT molecular complexity index is 1230. The zero-order valence-corrected chi connectivity index (χ0v) is 18.7. The van der Waals surface area contributed by atoms with E-state index in [1.165, 1.54) is 18.2 Å². The smallest absolute Gasteiger partial charge is 0.263 e. The van der Waals surface area contributed by atoms with Crippen molar-refractivity contribution in [3.8, 4) is 11.1 Å². The number of carbonyl (C=O) groups excluding carboxylic acids is 1. The summed E-state index contributed by atoms with van der Waals surface area (Å²) in [5.41, 5.74) is 3.28. The number of aryl methyl sites for hydroxylation is 1. The van der Waals surface area contributed by atoms with Crippen LogP contribution < -0.4 is 10.5 Å². The lowest BCUT2D eigenvalue weighted by Gasteiger charge is -2.30. The third kappa shape index (κ3) is 5.03. The van der Waals surface area contributed by atoms with Gasteiger partial charge < -0.3 is 9.64 Å². The predicted octanol–water partition coefficient (Wildman–Crippen LogP) is 4.56. The van der Waals surface area contributed by atoms with Crippen LogP contribution in [0.25, 0.3) is 11.1 Å². The van der Waals surface area contributed by atoms with E-state index in [0.717, 1.165) is 22.5 Å². The fourth-order valence-corrected chi connectivity index (χ4v) is 4.10. The number of alkyl halides is 2. The topological polar surface area (TPSA) is 51.5 Å². The minimum Gasteiger partial charge on any atom is -0.378 e. The maximum absolute atomic E-state index is 13.0. The van der Waals surface area contributed by atoms with Gasteiger partial charge in [-0.1, -0.05) is 30.3 Å². The third-order valence-corrected chi connectivity index (χ3v) is 6.01. The van der Waals surface area contributed by atoms with Crippen LogP contribution in [-0.4, -0.2) is 36.7 Å². The van der Waals surface area contributed by atoms with Gasteiger partial charge in [-0.15, -0.1) is 0 Å². The van der Waals surface area contributed by atoms with Crippen LogP contribution in [0, 0.1) is 6.92 Å². The molecule has 2 heterocycles. The molecule has 172 valence electrons. The molecule has 4 rings (SSSR count). The molecule has 1 aliphatic rings.